The Morgan fingerprint density at radius 1 is 1.44 bits per heavy atom. The van der Waals surface area contributed by atoms with Gasteiger partial charge in [0.25, 0.3) is 0 Å². The maximum Gasteiger partial charge on any atom is 0.150 e. The third kappa shape index (κ3) is 2.66. The van der Waals surface area contributed by atoms with Crippen molar-refractivity contribution >= 4 is 34.8 Å². The van der Waals surface area contributed by atoms with Gasteiger partial charge in [-0.15, -0.1) is 0 Å². The van der Waals surface area contributed by atoms with Crippen molar-refractivity contribution in [3.8, 4) is 0 Å². The van der Waals surface area contributed by atoms with Crippen LogP contribution < -0.4 is 10.6 Å². The molecule has 18 heavy (non-hydrogen) atoms. The van der Waals surface area contributed by atoms with Gasteiger partial charge in [0.15, 0.2) is 0 Å². The lowest BCUT2D eigenvalue weighted by atomic mass is 9.95. The molecule has 1 unspecified atom stereocenters. The highest BCUT2D eigenvalue weighted by Crippen LogP contribution is 2.34. The lowest BCUT2D eigenvalue weighted by molar-refractivity contribution is -0.00480. The minimum atomic E-state index is -0.169. The second-order valence-corrected chi connectivity index (χ2v) is 5.65. The molecule has 0 amide bonds. The Kier molecular flexibility index (Phi) is 3.90. The summed E-state index contributed by atoms with van der Waals surface area (Å²) in [5.74, 6) is 0.988. The van der Waals surface area contributed by atoms with Crippen LogP contribution in [-0.2, 0) is 4.74 Å². The van der Waals surface area contributed by atoms with E-state index in [0.29, 0.717) is 21.7 Å². The SMILES string of the molecule is COC1(C)CCCN(c2nc(N)c(Cl)cc2Cl)C1. The predicted octanol–water partition coefficient (Wildman–Crippen LogP) is 2.98. The minimum Gasteiger partial charge on any atom is -0.382 e. The number of pyridine rings is 1. The molecule has 2 rings (SSSR count). The molecule has 1 aromatic rings. The molecule has 6 heteroatoms. The molecule has 0 aromatic carbocycles. The van der Waals surface area contributed by atoms with Crippen LogP contribution in [0.2, 0.25) is 10.0 Å². The molecule has 1 saturated heterocycles. The second kappa shape index (κ2) is 5.11. The van der Waals surface area contributed by atoms with E-state index in [1.54, 1.807) is 13.2 Å². The Morgan fingerprint density at radius 2 is 2.17 bits per heavy atom. The van der Waals surface area contributed by atoms with Crippen LogP contribution in [0.5, 0.6) is 0 Å². The molecule has 0 saturated carbocycles. The first-order valence-corrected chi connectivity index (χ1v) is 6.62. The lowest BCUT2D eigenvalue weighted by Gasteiger charge is -2.40. The summed E-state index contributed by atoms with van der Waals surface area (Å²) in [6.07, 6.45) is 2.06. The molecule has 2 heterocycles. The van der Waals surface area contributed by atoms with Gasteiger partial charge in [-0.3, -0.25) is 0 Å². The van der Waals surface area contributed by atoms with Crippen molar-refractivity contribution in [2.45, 2.75) is 25.4 Å². The Morgan fingerprint density at radius 3 is 2.83 bits per heavy atom. The van der Waals surface area contributed by atoms with Crippen LogP contribution in [0.4, 0.5) is 11.6 Å². The molecular weight excluding hydrogens is 273 g/mol. The highest BCUT2D eigenvalue weighted by atomic mass is 35.5. The normalized spacial score (nSPS) is 24.3. The fraction of sp³-hybridized carbons (Fsp3) is 0.583. The molecule has 1 fully saturated rings. The highest BCUT2D eigenvalue weighted by Gasteiger charge is 2.32. The summed E-state index contributed by atoms with van der Waals surface area (Å²) in [5.41, 5.74) is 5.57. The van der Waals surface area contributed by atoms with E-state index in [0.717, 1.165) is 25.9 Å². The van der Waals surface area contributed by atoms with E-state index in [1.807, 2.05) is 0 Å². The van der Waals surface area contributed by atoms with Crippen LogP contribution in [-0.4, -0.2) is 30.8 Å². The molecule has 0 radical (unpaired) electrons. The molecular formula is C12H17Cl2N3O. The van der Waals surface area contributed by atoms with E-state index in [4.69, 9.17) is 33.7 Å². The van der Waals surface area contributed by atoms with Gasteiger partial charge in [0, 0.05) is 20.2 Å². The highest BCUT2D eigenvalue weighted by molar-refractivity contribution is 6.37. The van der Waals surface area contributed by atoms with Gasteiger partial charge in [-0.1, -0.05) is 23.2 Å². The molecule has 0 spiro atoms. The van der Waals surface area contributed by atoms with Crippen LogP contribution in [0.15, 0.2) is 6.07 Å². The number of rotatable bonds is 2. The fourth-order valence-corrected chi connectivity index (χ4v) is 2.72. The van der Waals surface area contributed by atoms with Crippen LogP contribution in [0.1, 0.15) is 19.8 Å². The standard InChI is InChI=1S/C12H17Cl2N3O/c1-12(18-2)4-3-5-17(7-12)11-9(14)6-8(13)10(15)16-11/h6H,3-5,7H2,1-2H3,(H2,15,16). The Balaban J connectivity index is 2.29. The van der Waals surface area contributed by atoms with Crippen molar-refractivity contribution in [2.24, 2.45) is 0 Å². The van der Waals surface area contributed by atoms with Crippen molar-refractivity contribution in [3.63, 3.8) is 0 Å². The molecule has 0 aliphatic carbocycles. The van der Waals surface area contributed by atoms with E-state index < -0.39 is 0 Å². The number of anilines is 2. The third-order valence-electron chi connectivity index (χ3n) is 3.39. The fourth-order valence-electron chi connectivity index (χ4n) is 2.25. The number of methoxy groups -OCH3 is 1. The number of nitrogen functional groups attached to an aromatic ring is 1. The summed E-state index contributed by atoms with van der Waals surface area (Å²) in [4.78, 5) is 6.38. The number of nitrogens with two attached hydrogens (primary N) is 1. The molecule has 1 atom stereocenters. The molecule has 4 nitrogen and oxygen atoms in total. The van der Waals surface area contributed by atoms with Crippen molar-refractivity contribution in [2.75, 3.05) is 30.8 Å². The Hall–Kier alpha value is -0.710. The average molecular weight is 290 g/mol. The summed E-state index contributed by atoms with van der Waals surface area (Å²) >= 11 is 12.1. The van der Waals surface area contributed by atoms with Crippen molar-refractivity contribution in [1.29, 1.82) is 0 Å². The van der Waals surface area contributed by atoms with Gasteiger partial charge >= 0.3 is 0 Å². The van der Waals surface area contributed by atoms with Gasteiger partial charge in [-0.2, -0.15) is 0 Å². The van der Waals surface area contributed by atoms with Crippen LogP contribution in [0.3, 0.4) is 0 Å². The van der Waals surface area contributed by atoms with Gasteiger partial charge in [0.2, 0.25) is 0 Å². The third-order valence-corrected chi connectivity index (χ3v) is 3.97. The topological polar surface area (TPSA) is 51.4 Å². The summed E-state index contributed by atoms with van der Waals surface area (Å²) in [6, 6.07) is 1.64. The van der Waals surface area contributed by atoms with Crippen LogP contribution in [0, 0.1) is 0 Å². The van der Waals surface area contributed by atoms with E-state index in [1.165, 1.54) is 0 Å². The zero-order valence-corrected chi connectivity index (χ0v) is 12.1. The monoisotopic (exact) mass is 289 g/mol. The summed E-state index contributed by atoms with van der Waals surface area (Å²) in [5, 5.41) is 0.907. The van der Waals surface area contributed by atoms with Gasteiger partial charge in [0.05, 0.1) is 15.6 Å². The first-order valence-electron chi connectivity index (χ1n) is 5.87. The average Bonchev–Trinajstić information content (AvgIpc) is 2.34. The van der Waals surface area contributed by atoms with Crippen LogP contribution in [0.25, 0.3) is 0 Å². The number of piperidine rings is 1. The first-order chi connectivity index (χ1) is 8.45. The number of hydrogen-bond acceptors (Lipinski definition) is 4. The van der Waals surface area contributed by atoms with Crippen molar-refractivity contribution in [1.82, 2.24) is 4.98 Å². The first kappa shape index (κ1) is 13.7. The Labute approximate surface area is 117 Å². The number of nitrogens with zero attached hydrogens (tertiary/aromatic N) is 2. The predicted molar refractivity (Wildman–Crippen MR) is 75.5 cm³/mol. The van der Waals surface area contributed by atoms with E-state index in [-0.39, 0.29) is 5.60 Å². The summed E-state index contributed by atoms with van der Waals surface area (Å²) in [7, 11) is 1.73. The van der Waals surface area contributed by atoms with Crippen molar-refractivity contribution < 1.29 is 4.74 Å². The molecule has 100 valence electrons. The van der Waals surface area contributed by atoms with Gasteiger partial charge in [-0.25, -0.2) is 4.98 Å². The molecule has 1 aliphatic heterocycles. The maximum absolute atomic E-state index is 6.19. The van der Waals surface area contributed by atoms with E-state index >= 15 is 0 Å². The number of halogens is 2. The van der Waals surface area contributed by atoms with E-state index in [2.05, 4.69) is 16.8 Å². The maximum atomic E-state index is 6.19. The van der Waals surface area contributed by atoms with Crippen molar-refractivity contribution in [3.05, 3.63) is 16.1 Å². The second-order valence-electron chi connectivity index (χ2n) is 4.84. The zero-order valence-electron chi connectivity index (χ0n) is 10.5. The molecule has 1 aliphatic rings. The number of ether oxygens (including phenoxy) is 1. The largest absolute Gasteiger partial charge is 0.382 e. The number of hydrogen-bond donors (Lipinski definition) is 1. The van der Waals surface area contributed by atoms with Gasteiger partial charge in [0.1, 0.15) is 11.6 Å². The molecule has 1 aromatic heterocycles. The summed E-state index contributed by atoms with van der Waals surface area (Å²) < 4.78 is 5.55. The quantitative estimate of drug-likeness (QED) is 0.909. The Bertz CT molecular complexity index is 455. The minimum absolute atomic E-state index is 0.169. The number of aromatic nitrogens is 1. The van der Waals surface area contributed by atoms with E-state index in [9.17, 15) is 0 Å². The lowest BCUT2D eigenvalue weighted by Crippen LogP contribution is -2.47. The molecule has 2 N–H and O–H groups in total. The smallest absolute Gasteiger partial charge is 0.150 e. The van der Waals surface area contributed by atoms with Crippen LogP contribution >= 0.6 is 23.2 Å². The van der Waals surface area contributed by atoms with Gasteiger partial charge < -0.3 is 15.4 Å². The zero-order chi connectivity index (χ0) is 13.3. The summed E-state index contributed by atoms with van der Waals surface area (Å²) in [6.45, 7) is 3.73. The van der Waals surface area contributed by atoms with Gasteiger partial charge in [-0.05, 0) is 25.8 Å². The molecule has 0 bridgehead atoms.